The summed E-state index contributed by atoms with van der Waals surface area (Å²) in [4.78, 5) is 27.5. The molecule has 1 heterocycles. The summed E-state index contributed by atoms with van der Waals surface area (Å²) in [5.74, 6) is -0.665. The lowest BCUT2D eigenvalue weighted by Gasteiger charge is -2.32. The molecule has 4 nitrogen and oxygen atoms in total. The van der Waals surface area contributed by atoms with Crippen LogP contribution in [0.15, 0.2) is 60.7 Å². The fourth-order valence-electron chi connectivity index (χ4n) is 4.14. The van der Waals surface area contributed by atoms with Gasteiger partial charge in [-0.15, -0.1) is 0 Å². The topological polar surface area (TPSA) is 49.4 Å². The summed E-state index contributed by atoms with van der Waals surface area (Å²) in [5.41, 5.74) is 2.30. The molecule has 5 heteroatoms. The summed E-state index contributed by atoms with van der Waals surface area (Å²) in [7, 11) is 0. The maximum atomic E-state index is 13.3. The van der Waals surface area contributed by atoms with Crippen molar-refractivity contribution in [3.05, 3.63) is 77.6 Å². The standard InChI is InChI=1S/C25H25FN2O2/c1-17-14-21(26)11-12-23(17)27-25(30)20-9-5-13-28(16-20)24(29)15-19-8-4-7-18-6-2-3-10-22(18)19/h2-4,6-8,10-12,14,20H,5,9,13,15-16H2,1H3,(H,27,30)/t20-/m1/s1. The molecule has 0 aliphatic carbocycles. The summed E-state index contributed by atoms with van der Waals surface area (Å²) < 4.78 is 13.3. The minimum Gasteiger partial charge on any atom is -0.342 e. The maximum Gasteiger partial charge on any atom is 0.229 e. The average Bonchev–Trinajstić information content (AvgIpc) is 2.76. The highest BCUT2D eigenvalue weighted by atomic mass is 19.1. The van der Waals surface area contributed by atoms with Gasteiger partial charge in [-0.1, -0.05) is 42.5 Å². The van der Waals surface area contributed by atoms with Crippen LogP contribution in [0.1, 0.15) is 24.0 Å². The lowest BCUT2D eigenvalue weighted by atomic mass is 9.95. The van der Waals surface area contributed by atoms with Crippen molar-refractivity contribution in [3.63, 3.8) is 0 Å². The molecule has 3 aromatic rings. The zero-order chi connectivity index (χ0) is 21.1. The fraction of sp³-hybridized carbons (Fsp3) is 0.280. The molecule has 0 aromatic heterocycles. The molecule has 1 saturated heterocycles. The quantitative estimate of drug-likeness (QED) is 0.685. The summed E-state index contributed by atoms with van der Waals surface area (Å²) in [6.45, 7) is 2.85. The van der Waals surface area contributed by atoms with Gasteiger partial charge in [-0.2, -0.15) is 0 Å². The first-order chi connectivity index (χ1) is 14.5. The highest BCUT2D eigenvalue weighted by molar-refractivity contribution is 5.94. The molecule has 0 bridgehead atoms. The lowest BCUT2D eigenvalue weighted by Crippen LogP contribution is -2.44. The first-order valence-electron chi connectivity index (χ1n) is 10.3. The van der Waals surface area contributed by atoms with Gasteiger partial charge < -0.3 is 10.2 Å². The minimum atomic E-state index is -0.326. The van der Waals surface area contributed by atoms with E-state index < -0.39 is 0 Å². The van der Waals surface area contributed by atoms with E-state index in [0.717, 1.165) is 29.2 Å². The first kappa shape index (κ1) is 20.1. The van der Waals surface area contributed by atoms with Gasteiger partial charge in [-0.3, -0.25) is 9.59 Å². The Hall–Kier alpha value is -3.21. The molecule has 3 aromatic carbocycles. The van der Waals surface area contributed by atoms with Crippen molar-refractivity contribution in [1.82, 2.24) is 4.90 Å². The Morgan fingerprint density at radius 1 is 1.10 bits per heavy atom. The number of carbonyl (C=O) groups is 2. The number of aryl methyl sites for hydroxylation is 1. The van der Waals surface area contributed by atoms with E-state index in [1.807, 2.05) is 42.5 Å². The van der Waals surface area contributed by atoms with Crippen molar-refractivity contribution < 1.29 is 14.0 Å². The van der Waals surface area contributed by atoms with Crippen LogP contribution < -0.4 is 5.32 Å². The molecule has 1 aliphatic rings. The van der Waals surface area contributed by atoms with E-state index in [-0.39, 0.29) is 23.5 Å². The number of amides is 2. The smallest absolute Gasteiger partial charge is 0.229 e. The molecule has 0 unspecified atom stereocenters. The predicted octanol–water partition coefficient (Wildman–Crippen LogP) is 4.71. The number of nitrogens with zero attached hydrogens (tertiary/aromatic N) is 1. The molecule has 1 aliphatic heterocycles. The number of hydrogen-bond donors (Lipinski definition) is 1. The van der Waals surface area contributed by atoms with Crippen LogP contribution in [0, 0.1) is 18.7 Å². The van der Waals surface area contributed by atoms with Crippen LogP contribution in [0.5, 0.6) is 0 Å². The van der Waals surface area contributed by atoms with Crippen LogP contribution >= 0.6 is 0 Å². The number of nitrogens with one attached hydrogen (secondary N) is 1. The van der Waals surface area contributed by atoms with Gasteiger partial charge in [-0.05, 0) is 59.9 Å². The van der Waals surface area contributed by atoms with E-state index in [1.54, 1.807) is 17.9 Å². The Balaban J connectivity index is 1.43. The van der Waals surface area contributed by atoms with Gasteiger partial charge in [0.1, 0.15) is 5.82 Å². The molecule has 0 spiro atoms. The number of anilines is 1. The van der Waals surface area contributed by atoms with E-state index in [9.17, 15) is 14.0 Å². The van der Waals surface area contributed by atoms with Gasteiger partial charge in [0.25, 0.3) is 0 Å². The Morgan fingerprint density at radius 3 is 2.73 bits per heavy atom. The highest BCUT2D eigenvalue weighted by Gasteiger charge is 2.28. The average molecular weight is 404 g/mol. The summed E-state index contributed by atoms with van der Waals surface area (Å²) >= 11 is 0. The van der Waals surface area contributed by atoms with E-state index in [1.165, 1.54) is 12.1 Å². The molecular weight excluding hydrogens is 379 g/mol. The van der Waals surface area contributed by atoms with Crippen molar-refractivity contribution in [2.75, 3.05) is 18.4 Å². The van der Waals surface area contributed by atoms with Crippen LogP contribution in [0.25, 0.3) is 10.8 Å². The molecule has 4 rings (SSSR count). The van der Waals surface area contributed by atoms with E-state index >= 15 is 0 Å². The van der Waals surface area contributed by atoms with Gasteiger partial charge in [-0.25, -0.2) is 4.39 Å². The molecule has 30 heavy (non-hydrogen) atoms. The van der Waals surface area contributed by atoms with Crippen LogP contribution in [0.4, 0.5) is 10.1 Å². The molecule has 0 saturated carbocycles. The lowest BCUT2D eigenvalue weighted by molar-refractivity contribution is -0.133. The Bertz CT molecular complexity index is 1090. The van der Waals surface area contributed by atoms with Crippen molar-refractivity contribution in [2.24, 2.45) is 5.92 Å². The number of halogens is 1. The first-order valence-corrected chi connectivity index (χ1v) is 10.3. The Morgan fingerprint density at radius 2 is 1.90 bits per heavy atom. The predicted molar refractivity (Wildman–Crippen MR) is 117 cm³/mol. The second kappa shape index (κ2) is 8.66. The van der Waals surface area contributed by atoms with Gasteiger partial charge >= 0.3 is 0 Å². The molecular formula is C25H25FN2O2. The maximum absolute atomic E-state index is 13.3. The fourth-order valence-corrected chi connectivity index (χ4v) is 4.14. The number of carbonyl (C=O) groups excluding carboxylic acids is 2. The largest absolute Gasteiger partial charge is 0.342 e. The molecule has 1 atom stereocenters. The third-order valence-corrected chi connectivity index (χ3v) is 5.81. The Kier molecular flexibility index (Phi) is 5.79. The van der Waals surface area contributed by atoms with Gasteiger partial charge in [0.05, 0.1) is 12.3 Å². The van der Waals surface area contributed by atoms with Gasteiger partial charge in [0, 0.05) is 18.8 Å². The van der Waals surface area contributed by atoms with Crippen molar-refractivity contribution in [3.8, 4) is 0 Å². The van der Waals surface area contributed by atoms with Crippen molar-refractivity contribution >= 4 is 28.3 Å². The zero-order valence-electron chi connectivity index (χ0n) is 17.0. The third-order valence-electron chi connectivity index (χ3n) is 5.81. The van der Waals surface area contributed by atoms with E-state index in [0.29, 0.717) is 30.8 Å². The van der Waals surface area contributed by atoms with Gasteiger partial charge in [0.15, 0.2) is 0 Å². The normalized spacial score (nSPS) is 16.5. The number of benzene rings is 3. The number of hydrogen-bond acceptors (Lipinski definition) is 2. The number of fused-ring (bicyclic) bond motifs is 1. The molecule has 0 radical (unpaired) electrons. The van der Waals surface area contributed by atoms with Crippen molar-refractivity contribution in [1.29, 1.82) is 0 Å². The Labute approximate surface area is 175 Å². The third kappa shape index (κ3) is 4.35. The second-order valence-electron chi connectivity index (χ2n) is 7.94. The molecule has 1 N–H and O–H groups in total. The highest BCUT2D eigenvalue weighted by Crippen LogP contribution is 2.23. The molecule has 1 fully saturated rings. The van der Waals surface area contributed by atoms with E-state index in [4.69, 9.17) is 0 Å². The SMILES string of the molecule is Cc1cc(F)ccc1NC(=O)[C@@H]1CCCN(C(=O)Cc2cccc3ccccc23)C1. The number of rotatable bonds is 4. The summed E-state index contributed by atoms with van der Waals surface area (Å²) in [6.07, 6.45) is 1.86. The molecule has 154 valence electrons. The number of likely N-dealkylation sites (tertiary alicyclic amines) is 1. The van der Waals surface area contributed by atoms with Crippen LogP contribution in [-0.4, -0.2) is 29.8 Å². The zero-order valence-corrected chi connectivity index (χ0v) is 17.0. The van der Waals surface area contributed by atoms with Crippen LogP contribution in [0.3, 0.4) is 0 Å². The van der Waals surface area contributed by atoms with Crippen LogP contribution in [-0.2, 0) is 16.0 Å². The summed E-state index contributed by atoms with van der Waals surface area (Å²) in [5, 5.41) is 5.11. The monoisotopic (exact) mass is 404 g/mol. The minimum absolute atomic E-state index is 0.0433. The van der Waals surface area contributed by atoms with E-state index in [2.05, 4.69) is 5.32 Å². The molecule has 2 amide bonds. The van der Waals surface area contributed by atoms with Crippen molar-refractivity contribution in [2.45, 2.75) is 26.2 Å². The summed E-state index contributed by atoms with van der Waals surface area (Å²) in [6, 6.07) is 18.4. The number of piperidine rings is 1. The van der Waals surface area contributed by atoms with Gasteiger partial charge in [0.2, 0.25) is 11.8 Å². The van der Waals surface area contributed by atoms with Crippen LogP contribution in [0.2, 0.25) is 0 Å². The second-order valence-corrected chi connectivity index (χ2v) is 7.94.